The number of carbonyl (C=O) groups is 2. The summed E-state index contributed by atoms with van der Waals surface area (Å²) in [5, 5.41) is 6.18. The van der Waals surface area contributed by atoms with E-state index in [4.69, 9.17) is 0 Å². The molecule has 0 bridgehead atoms. The van der Waals surface area contributed by atoms with Gasteiger partial charge in [-0.05, 0) is 51.5 Å². The van der Waals surface area contributed by atoms with Gasteiger partial charge in [-0.2, -0.15) is 0 Å². The Bertz CT molecular complexity index is 402. The first-order chi connectivity index (χ1) is 9.64. The predicted molar refractivity (Wildman–Crippen MR) is 76.1 cm³/mol. The third kappa shape index (κ3) is 2.82. The van der Waals surface area contributed by atoms with Crippen LogP contribution in [0.3, 0.4) is 0 Å². The lowest BCUT2D eigenvalue weighted by atomic mass is 9.97. The van der Waals surface area contributed by atoms with E-state index in [2.05, 4.69) is 10.6 Å². The van der Waals surface area contributed by atoms with Gasteiger partial charge < -0.3 is 15.5 Å². The average molecular weight is 279 g/mol. The van der Waals surface area contributed by atoms with Gasteiger partial charge in [0.15, 0.2) is 0 Å². The van der Waals surface area contributed by atoms with Crippen LogP contribution in [0.15, 0.2) is 0 Å². The molecule has 1 heterocycles. The number of nitrogens with zero attached hydrogens (tertiary/aromatic N) is 1. The second kappa shape index (κ2) is 5.35. The average Bonchev–Trinajstić information content (AvgIpc) is 3.37. The summed E-state index contributed by atoms with van der Waals surface area (Å²) in [7, 11) is 1.85. The molecule has 3 rings (SSSR count). The molecule has 0 spiro atoms. The molecule has 0 aromatic heterocycles. The number of carbonyl (C=O) groups excluding carboxylic acids is 2. The van der Waals surface area contributed by atoms with Gasteiger partial charge in [-0.1, -0.05) is 0 Å². The molecule has 2 aliphatic carbocycles. The summed E-state index contributed by atoms with van der Waals surface area (Å²) >= 11 is 0. The van der Waals surface area contributed by atoms with Crippen LogP contribution in [0.4, 0.5) is 0 Å². The molecule has 1 atom stereocenters. The minimum atomic E-state index is -0.293. The molecule has 20 heavy (non-hydrogen) atoms. The Kier molecular flexibility index (Phi) is 3.71. The van der Waals surface area contributed by atoms with Crippen LogP contribution in [-0.2, 0) is 9.59 Å². The third-order valence-corrected chi connectivity index (χ3v) is 4.97. The van der Waals surface area contributed by atoms with Crippen molar-refractivity contribution in [3.63, 3.8) is 0 Å². The van der Waals surface area contributed by atoms with Crippen molar-refractivity contribution < 1.29 is 9.59 Å². The van der Waals surface area contributed by atoms with Crippen LogP contribution in [0, 0.1) is 11.8 Å². The number of hydrogen-bond donors (Lipinski definition) is 2. The standard InChI is InChI=1S/C15H25N3O2/c1-16-15(6-7-15)14(20)17-9-11-3-2-8-18(10-11)13(19)12-4-5-12/h11-12,16H,2-10H2,1H3,(H,17,20)/t11-/m0/s1. The largest absolute Gasteiger partial charge is 0.354 e. The fourth-order valence-electron chi connectivity index (χ4n) is 3.14. The molecule has 0 aromatic carbocycles. The summed E-state index contributed by atoms with van der Waals surface area (Å²) in [5.41, 5.74) is -0.293. The van der Waals surface area contributed by atoms with E-state index in [0.717, 1.165) is 51.6 Å². The minimum Gasteiger partial charge on any atom is -0.354 e. The lowest BCUT2D eigenvalue weighted by Crippen LogP contribution is -2.49. The highest BCUT2D eigenvalue weighted by molar-refractivity contribution is 5.89. The number of likely N-dealkylation sites (N-methyl/N-ethyl adjacent to an activating group) is 1. The molecule has 3 fully saturated rings. The van der Waals surface area contributed by atoms with Gasteiger partial charge in [0.05, 0.1) is 5.54 Å². The van der Waals surface area contributed by atoms with Gasteiger partial charge in [0.1, 0.15) is 0 Å². The molecule has 0 aromatic rings. The van der Waals surface area contributed by atoms with Crippen molar-refractivity contribution in [3.8, 4) is 0 Å². The van der Waals surface area contributed by atoms with Gasteiger partial charge in [-0.25, -0.2) is 0 Å². The van der Waals surface area contributed by atoms with Gasteiger partial charge in [-0.3, -0.25) is 9.59 Å². The van der Waals surface area contributed by atoms with E-state index in [1.165, 1.54) is 0 Å². The van der Waals surface area contributed by atoms with E-state index in [1.807, 2.05) is 11.9 Å². The SMILES string of the molecule is CNC1(C(=O)NC[C@@H]2CCCN(C(=O)C3CC3)C2)CC1. The van der Waals surface area contributed by atoms with Crippen LogP contribution in [0.5, 0.6) is 0 Å². The summed E-state index contributed by atoms with van der Waals surface area (Å²) in [6.45, 7) is 2.43. The second-order valence-corrected chi connectivity index (χ2v) is 6.61. The molecule has 5 nitrogen and oxygen atoms in total. The maximum Gasteiger partial charge on any atom is 0.240 e. The van der Waals surface area contributed by atoms with Crippen LogP contribution in [0.25, 0.3) is 0 Å². The molecule has 2 amide bonds. The minimum absolute atomic E-state index is 0.130. The molecule has 0 unspecified atom stereocenters. The van der Waals surface area contributed by atoms with Crippen molar-refractivity contribution >= 4 is 11.8 Å². The van der Waals surface area contributed by atoms with Crippen LogP contribution < -0.4 is 10.6 Å². The molecule has 1 saturated heterocycles. The molecule has 112 valence electrons. The molecule has 2 N–H and O–H groups in total. The second-order valence-electron chi connectivity index (χ2n) is 6.61. The number of amides is 2. The highest BCUT2D eigenvalue weighted by Crippen LogP contribution is 2.35. The van der Waals surface area contributed by atoms with Gasteiger partial charge in [-0.15, -0.1) is 0 Å². The number of piperidine rings is 1. The quantitative estimate of drug-likeness (QED) is 0.770. The fraction of sp³-hybridized carbons (Fsp3) is 0.867. The van der Waals surface area contributed by atoms with E-state index in [1.54, 1.807) is 0 Å². The van der Waals surface area contributed by atoms with Crippen LogP contribution in [0.2, 0.25) is 0 Å². The smallest absolute Gasteiger partial charge is 0.240 e. The number of nitrogens with one attached hydrogen (secondary N) is 2. The van der Waals surface area contributed by atoms with Crippen molar-refractivity contribution in [1.29, 1.82) is 0 Å². The Hall–Kier alpha value is -1.10. The first kappa shape index (κ1) is 13.9. The molecular formula is C15H25N3O2. The van der Waals surface area contributed by atoms with Crippen molar-refractivity contribution in [2.75, 3.05) is 26.7 Å². The van der Waals surface area contributed by atoms with Crippen molar-refractivity contribution in [2.24, 2.45) is 11.8 Å². The Morgan fingerprint density at radius 2 is 2.00 bits per heavy atom. The lowest BCUT2D eigenvalue weighted by molar-refractivity contribution is -0.134. The Labute approximate surface area is 120 Å². The van der Waals surface area contributed by atoms with Gasteiger partial charge in [0, 0.05) is 25.6 Å². The molecule has 1 aliphatic heterocycles. The molecule has 2 saturated carbocycles. The number of rotatable bonds is 5. The van der Waals surface area contributed by atoms with E-state index in [9.17, 15) is 9.59 Å². The first-order valence-corrected chi connectivity index (χ1v) is 7.90. The van der Waals surface area contributed by atoms with E-state index >= 15 is 0 Å². The molecular weight excluding hydrogens is 254 g/mol. The highest BCUT2D eigenvalue weighted by atomic mass is 16.2. The summed E-state index contributed by atoms with van der Waals surface area (Å²) < 4.78 is 0. The van der Waals surface area contributed by atoms with Crippen molar-refractivity contribution in [1.82, 2.24) is 15.5 Å². The van der Waals surface area contributed by atoms with E-state index in [0.29, 0.717) is 24.3 Å². The molecule has 5 heteroatoms. The number of hydrogen-bond acceptors (Lipinski definition) is 3. The summed E-state index contributed by atoms with van der Waals surface area (Å²) in [6, 6.07) is 0. The molecule has 3 aliphatic rings. The van der Waals surface area contributed by atoms with E-state index < -0.39 is 0 Å². The maximum atomic E-state index is 12.1. The van der Waals surface area contributed by atoms with Crippen molar-refractivity contribution in [2.45, 2.75) is 44.1 Å². The Morgan fingerprint density at radius 3 is 2.60 bits per heavy atom. The highest BCUT2D eigenvalue weighted by Gasteiger charge is 2.48. The van der Waals surface area contributed by atoms with E-state index in [-0.39, 0.29) is 11.4 Å². The molecule has 0 radical (unpaired) electrons. The zero-order valence-corrected chi connectivity index (χ0v) is 12.3. The summed E-state index contributed by atoms with van der Waals surface area (Å²) in [4.78, 5) is 26.2. The maximum absolute atomic E-state index is 12.1. The van der Waals surface area contributed by atoms with Crippen LogP contribution in [0.1, 0.15) is 38.5 Å². The van der Waals surface area contributed by atoms with Gasteiger partial charge in [0.25, 0.3) is 0 Å². The number of likely N-dealkylation sites (tertiary alicyclic amines) is 1. The van der Waals surface area contributed by atoms with Crippen LogP contribution in [-0.4, -0.2) is 48.9 Å². The van der Waals surface area contributed by atoms with Gasteiger partial charge in [0.2, 0.25) is 11.8 Å². The lowest BCUT2D eigenvalue weighted by Gasteiger charge is -2.33. The fourth-order valence-corrected chi connectivity index (χ4v) is 3.14. The Balaban J connectivity index is 1.45. The predicted octanol–water partition coefficient (Wildman–Crippen LogP) is 0.503. The topological polar surface area (TPSA) is 61.4 Å². The summed E-state index contributed by atoms with van der Waals surface area (Å²) in [5.74, 6) is 1.20. The zero-order chi connectivity index (χ0) is 14.2. The van der Waals surface area contributed by atoms with Crippen LogP contribution >= 0.6 is 0 Å². The Morgan fingerprint density at radius 1 is 1.25 bits per heavy atom. The first-order valence-electron chi connectivity index (χ1n) is 7.90. The third-order valence-electron chi connectivity index (χ3n) is 4.97. The van der Waals surface area contributed by atoms with Crippen molar-refractivity contribution in [3.05, 3.63) is 0 Å². The zero-order valence-electron chi connectivity index (χ0n) is 12.3. The normalized spacial score (nSPS) is 28.1. The van der Waals surface area contributed by atoms with Gasteiger partial charge >= 0.3 is 0 Å². The monoisotopic (exact) mass is 279 g/mol. The summed E-state index contributed by atoms with van der Waals surface area (Å²) in [6.07, 6.45) is 6.19.